The average molecular weight is 360 g/mol. The van der Waals surface area contributed by atoms with Crippen LogP contribution in [-0.2, 0) is 19.1 Å². The van der Waals surface area contributed by atoms with Crippen LogP contribution in [-0.4, -0.2) is 36.7 Å². The Morgan fingerprint density at radius 1 is 1.44 bits per heavy atom. The van der Waals surface area contributed by atoms with Crippen LogP contribution >= 0.6 is 11.6 Å². The molecule has 1 aromatic rings. The van der Waals surface area contributed by atoms with Crippen LogP contribution < -0.4 is 4.90 Å². The van der Waals surface area contributed by atoms with E-state index in [0.29, 0.717) is 11.4 Å². The Balaban J connectivity index is 1.81. The number of carbonyl (C=O) groups is 2. The molecule has 5 nitrogen and oxygen atoms in total. The highest BCUT2D eigenvalue weighted by Gasteiger charge is 2.71. The van der Waals surface area contributed by atoms with Gasteiger partial charge in [-0.2, -0.15) is 0 Å². The van der Waals surface area contributed by atoms with Crippen LogP contribution in [0.1, 0.15) is 6.42 Å². The first-order chi connectivity index (χ1) is 12.0. The zero-order chi connectivity index (χ0) is 17.8. The summed E-state index contributed by atoms with van der Waals surface area (Å²) in [7, 11) is 1.34. The maximum Gasteiger partial charge on any atom is 0.312 e. The van der Waals surface area contributed by atoms with Crippen molar-refractivity contribution in [2.24, 2.45) is 11.8 Å². The second-order valence-corrected chi connectivity index (χ2v) is 6.98. The molecule has 2 fully saturated rings. The number of hydrogen-bond donors (Lipinski definition) is 0. The van der Waals surface area contributed by atoms with Gasteiger partial charge in [-0.15, -0.1) is 6.58 Å². The van der Waals surface area contributed by atoms with Gasteiger partial charge in [-0.05, 0) is 30.7 Å². The highest BCUT2D eigenvalue weighted by Crippen LogP contribution is 2.56. The molecule has 2 bridgehead atoms. The van der Waals surface area contributed by atoms with Crippen molar-refractivity contribution >= 4 is 29.2 Å². The number of esters is 1. The molecule has 1 aromatic carbocycles. The molecular formula is C19H18ClNO4. The number of benzene rings is 1. The van der Waals surface area contributed by atoms with Gasteiger partial charge in [0.15, 0.2) is 0 Å². The third kappa shape index (κ3) is 2.12. The van der Waals surface area contributed by atoms with Gasteiger partial charge in [0, 0.05) is 10.7 Å². The van der Waals surface area contributed by atoms with E-state index in [1.807, 2.05) is 12.2 Å². The van der Waals surface area contributed by atoms with E-state index < -0.39 is 29.5 Å². The molecule has 3 heterocycles. The molecule has 130 valence electrons. The lowest BCUT2D eigenvalue weighted by atomic mass is 9.74. The molecule has 2 saturated heterocycles. The van der Waals surface area contributed by atoms with E-state index in [4.69, 9.17) is 21.1 Å². The minimum Gasteiger partial charge on any atom is -0.469 e. The predicted molar refractivity (Wildman–Crippen MR) is 93.3 cm³/mol. The highest BCUT2D eigenvalue weighted by molar-refractivity contribution is 6.30. The number of methoxy groups -OCH3 is 1. The molecule has 0 unspecified atom stereocenters. The molecule has 3 aliphatic heterocycles. The molecule has 25 heavy (non-hydrogen) atoms. The van der Waals surface area contributed by atoms with Crippen molar-refractivity contribution in [3.05, 3.63) is 54.1 Å². The summed E-state index contributed by atoms with van der Waals surface area (Å²) in [5.74, 6) is -1.75. The van der Waals surface area contributed by atoms with E-state index in [1.54, 1.807) is 35.2 Å². The molecule has 1 spiro atoms. The number of hydrogen-bond acceptors (Lipinski definition) is 4. The quantitative estimate of drug-likeness (QED) is 0.612. The minimum atomic E-state index is -0.825. The molecule has 3 aliphatic rings. The Morgan fingerprint density at radius 3 is 2.80 bits per heavy atom. The second-order valence-electron chi connectivity index (χ2n) is 6.55. The van der Waals surface area contributed by atoms with E-state index in [2.05, 4.69) is 6.58 Å². The van der Waals surface area contributed by atoms with Crippen LogP contribution in [0, 0.1) is 11.8 Å². The van der Waals surface area contributed by atoms with Gasteiger partial charge in [-0.3, -0.25) is 9.59 Å². The molecule has 0 aromatic heterocycles. The third-order valence-electron chi connectivity index (χ3n) is 5.39. The number of anilines is 1. The first kappa shape index (κ1) is 16.4. The van der Waals surface area contributed by atoms with E-state index >= 15 is 0 Å². The zero-order valence-electron chi connectivity index (χ0n) is 13.7. The summed E-state index contributed by atoms with van der Waals surface area (Å²) in [6, 6.07) is 6.83. The Bertz CT molecular complexity index is 774. The van der Waals surface area contributed by atoms with Crippen molar-refractivity contribution in [2.75, 3.05) is 12.0 Å². The maximum atomic E-state index is 13.3. The number of halogens is 1. The van der Waals surface area contributed by atoms with Crippen molar-refractivity contribution < 1.29 is 19.1 Å². The highest BCUT2D eigenvalue weighted by atomic mass is 35.5. The monoisotopic (exact) mass is 359 g/mol. The fraction of sp³-hybridized carbons (Fsp3) is 0.368. The molecule has 6 heteroatoms. The summed E-state index contributed by atoms with van der Waals surface area (Å²) in [6.45, 7) is 3.82. The minimum absolute atomic E-state index is 0.128. The standard InChI is InChI=1S/C19H18ClNO4/c1-3-4-14-19-10-9-13(25-19)15(18(23)24-2)16(19)17(22)21(14)12-7-5-11(20)6-8-12/h3,5-10,13-16H,1,4H2,2H3/t13-,14-,15-,16+,19-/m1/s1. The molecule has 0 N–H and O–H groups in total. The normalized spacial score (nSPS) is 35.1. The third-order valence-corrected chi connectivity index (χ3v) is 5.64. The van der Waals surface area contributed by atoms with Gasteiger partial charge >= 0.3 is 5.97 Å². The van der Waals surface area contributed by atoms with Crippen molar-refractivity contribution in [3.63, 3.8) is 0 Å². The fourth-order valence-corrected chi connectivity index (χ4v) is 4.54. The Hall–Kier alpha value is -2.11. The summed E-state index contributed by atoms with van der Waals surface area (Å²) in [5.41, 5.74) is -0.0943. The first-order valence-corrected chi connectivity index (χ1v) is 8.56. The van der Waals surface area contributed by atoms with Crippen molar-refractivity contribution in [1.82, 2.24) is 0 Å². The number of nitrogens with zero attached hydrogens (tertiary/aromatic N) is 1. The van der Waals surface area contributed by atoms with Crippen molar-refractivity contribution in [2.45, 2.75) is 24.2 Å². The topological polar surface area (TPSA) is 55.8 Å². The second kappa shape index (κ2) is 5.71. The Kier molecular flexibility index (Phi) is 3.74. The largest absolute Gasteiger partial charge is 0.469 e. The lowest BCUT2D eigenvalue weighted by Crippen LogP contribution is -2.45. The smallest absolute Gasteiger partial charge is 0.312 e. The number of fused-ring (bicyclic) bond motifs is 1. The number of amides is 1. The number of rotatable bonds is 4. The van der Waals surface area contributed by atoms with Gasteiger partial charge < -0.3 is 14.4 Å². The van der Waals surface area contributed by atoms with Crippen molar-refractivity contribution in [3.8, 4) is 0 Å². The molecule has 0 radical (unpaired) electrons. The zero-order valence-corrected chi connectivity index (χ0v) is 14.5. The van der Waals surface area contributed by atoms with Crippen LogP contribution in [0.3, 0.4) is 0 Å². The van der Waals surface area contributed by atoms with Gasteiger partial charge in [-0.25, -0.2) is 0 Å². The summed E-state index contributed by atoms with van der Waals surface area (Å²) in [5, 5.41) is 0.596. The Morgan fingerprint density at radius 2 is 2.16 bits per heavy atom. The SMILES string of the molecule is C=CC[C@H]1N(c2ccc(Cl)cc2)C(=O)[C@@H]2[C@H](C(=O)OC)[C@H]3C=C[C@]21O3. The van der Waals surface area contributed by atoms with Gasteiger partial charge in [0.2, 0.25) is 5.91 Å². The fourth-order valence-electron chi connectivity index (χ4n) is 4.41. The lowest BCUT2D eigenvalue weighted by Gasteiger charge is -2.32. The molecule has 4 rings (SSSR count). The number of ether oxygens (including phenoxy) is 2. The molecule has 0 aliphatic carbocycles. The molecule has 5 atom stereocenters. The summed E-state index contributed by atoms with van der Waals surface area (Å²) >= 11 is 5.98. The summed E-state index contributed by atoms with van der Waals surface area (Å²) < 4.78 is 11.1. The van der Waals surface area contributed by atoms with E-state index in [9.17, 15) is 9.59 Å². The Labute approximate surface area is 150 Å². The van der Waals surface area contributed by atoms with Crippen LogP contribution in [0.15, 0.2) is 49.1 Å². The van der Waals surface area contributed by atoms with Gasteiger partial charge in [0.25, 0.3) is 0 Å². The van der Waals surface area contributed by atoms with Crippen LogP contribution in [0.2, 0.25) is 5.02 Å². The van der Waals surface area contributed by atoms with Crippen molar-refractivity contribution in [1.29, 1.82) is 0 Å². The first-order valence-electron chi connectivity index (χ1n) is 8.18. The van der Waals surface area contributed by atoms with Crippen LogP contribution in [0.4, 0.5) is 5.69 Å². The van der Waals surface area contributed by atoms with Gasteiger partial charge in [0.1, 0.15) is 11.5 Å². The van der Waals surface area contributed by atoms with Crippen LogP contribution in [0.25, 0.3) is 0 Å². The van der Waals surface area contributed by atoms with Gasteiger partial charge in [0.05, 0.1) is 25.2 Å². The summed E-state index contributed by atoms with van der Waals surface area (Å²) in [6.07, 6.45) is 5.71. The molecular weight excluding hydrogens is 342 g/mol. The molecule has 1 amide bonds. The summed E-state index contributed by atoms with van der Waals surface area (Å²) in [4.78, 5) is 27.3. The predicted octanol–water partition coefficient (Wildman–Crippen LogP) is 2.74. The lowest BCUT2D eigenvalue weighted by molar-refractivity contribution is -0.149. The van der Waals surface area contributed by atoms with E-state index in [-0.39, 0.29) is 11.9 Å². The molecule has 0 saturated carbocycles. The van der Waals surface area contributed by atoms with Gasteiger partial charge in [-0.1, -0.05) is 29.8 Å². The van der Waals surface area contributed by atoms with E-state index in [0.717, 1.165) is 5.69 Å². The average Bonchev–Trinajstić information content (AvgIpc) is 3.25. The van der Waals surface area contributed by atoms with E-state index in [1.165, 1.54) is 7.11 Å². The number of carbonyl (C=O) groups excluding carboxylic acids is 2. The maximum absolute atomic E-state index is 13.3. The van der Waals surface area contributed by atoms with Crippen LogP contribution in [0.5, 0.6) is 0 Å².